The van der Waals surface area contributed by atoms with Crippen molar-refractivity contribution in [1.29, 1.82) is 0 Å². The molecule has 0 radical (unpaired) electrons. The summed E-state index contributed by atoms with van der Waals surface area (Å²) in [5.41, 5.74) is 0.797. The molecular weight excluding hydrogens is 184 g/mol. The third kappa shape index (κ3) is 2.39. The fraction of sp³-hybridized carbons (Fsp3) is 0.500. The van der Waals surface area contributed by atoms with E-state index in [0.29, 0.717) is 6.61 Å². The first-order valence-corrected chi connectivity index (χ1v) is 5.24. The summed E-state index contributed by atoms with van der Waals surface area (Å²) in [5.74, 6) is 0.0839. The molecule has 72 valence electrons. The highest BCUT2D eigenvalue weighted by Crippen LogP contribution is 2.17. The third-order valence-corrected chi connectivity index (χ3v) is 2.76. The van der Waals surface area contributed by atoms with Crippen molar-refractivity contribution in [1.82, 2.24) is 0 Å². The van der Waals surface area contributed by atoms with Gasteiger partial charge >= 0.3 is 0 Å². The molecule has 1 atom stereocenters. The molecule has 1 heterocycles. The molecule has 1 unspecified atom stereocenters. The van der Waals surface area contributed by atoms with Crippen molar-refractivity contribution in [2.75, 3.05) is 6.61 Å². The Hall–Kier alpha value is -0.670. The molecule has 1 rings (SSSR count). The summed E-state index contributed by atoms with van der Waals surface area (Å²) < 4.78 is 5.24. The van der Waals surface area contributed by atoms with Gasteiger partial charge in [-0.1, -0.05) is 0 Å². The van der Waals surface area contributed by atoms with Crippen LogP contribution in [0, 0.1) is 6.92 Å². The Balaban J connectivity index is 2.73. The molecule has 0 aliphatic carbocycles. The Morgan fingerprint density at radius 1 is 1.69 bits per heavy atom. The van der Waals surface area contributed by atoms with Gasteiger partial charge in [0, 0.05) is 17.0 Å². The van der Waals surface area contributed by atoms with Crippen molar-refractivity contribution in [3.63, 3.8) is 0 Å². The first-order valence-electron chi connectivity index (χ1n) is 4.36. The van der Waals surface area contributed by atoms with Gasteiger partial charge in [-0.25, -0.2) is 0 Å². The van der Waals surface area contributed by atoms with Crippen LogP contribution < -0.4 is 0 Å². The van der Waals surface area contributed by atoms with Crippen LogP contribution in [0.1, 0.15) is 29.1 Å². The second-order valence-electron chi connectivity index (χ2n) is 2.85. The highest BCUT2D eigenvalue weighted by atomic mass is 32.1. The standard InChI is InChI=1S/C10H14O2S/c1-4-12-7(2)10(11)9-5-6-13-8(9)3/h5-7H,4H2,1-3H3. The number of Topliss-reactive ketones (excluding diaryl/α,β-unsaturated/α-hetero) is 1. The number of carbonyl (C=O) groups excluding carboxylic acids is 1. The van der Waals surface area contributed by atoms with Crippen LogP contribution in [-0.4, -0.2) is 18.5 Å². The monoisotopic (exact) mass is 198 g/mol. The van der Waals surface area contributed by atoms with E-state index in [1.807, 2.05) is 25.3 Å². The minimum absolute atomic E-state index is 0.0839. The molecule has 0 amide bonds. The summed E-state index contributed by atoms with van der Waals surface area (Å²) >= 11 is 1.59. The number of aryl methyl sites for hydroxylation is 1. The van der Waals surface area contributed by atoms with Gasteiger partial charge in [0.25, 0.3) is 0 Å². The number of thiophene rings is 1. The van der Waals surface area contributed by atoms with Crippen LogP contribution in [0.2, 0.25) is 0 Å². The first kappa shape index (κ1) is 10.4. The molecule has 0 saturated heterocycles. The van der Waals surface area contributed by atoms with Crippen LogP contribution >= 0.6 is 11.3 Å². The molecule has 1 aromatic rings. The topological polar surface area (TPSA) is 26.3 Å². The van der Waals surface area contributed by atoms with Crippen molar-refractivity contribution < 1.29 is 9.53 Å². The number of hydrogen-bond donors (Lipinski definition) is 0. The number of ether oxygens (including phenoxy) is 1. The molecule has 0 spiro atoms. The maximum atomic E-state index is 11.7. The minimum Gasteiger partial charge on any atom is -0.371 e. The van der Waals surface area contributed by atoms with E-state index < -0.39 is 0 Å². The fourth-order valence-electron chi connectivity index (χ4n) is 1.19. The molecular formula is C10H14O2S. The van der Waals surface area contributed by atoms with Gasteiger partial charge in [-0.05, 0) is 32.2 Å². The van der Waals surface area contributed by atoms with E-state index in [4.69, 9.17) is 4.74 Å². The molecule has 0 aliphatic heterocycles. The van der Waals surface area contributed by atoms with E-state index in [0.717, 1.165) is 10.4 Å². The lowest BCUT2D eigenvalue weighted by atomic mass is 10.1. The SMILES string of the molecule is CCOC(C)C(=O)c1ccsc1C. The lowest BCUT2D eigenvalue weighted by Crippen LogP contribution is -2.20. The van der Waals surface area contributed by atoms with E-state index >= 15 is 0 Å². The van der Waals surface area contributed by atoms with Crippen molar-refractivity contribution in [3.05, 3.63) is 21.9 Å². The molecule has 0 bridgehead atoms. The van der Waals surface area contributed by atoms with Crippen molar-refractivity contribution in [2.24, 2.45) is 0 Å². The van der Waals surface area contributed by atoms with E-state index in [1.54, 1.807) is 18.3 Å². The van der Waals surface area contributed by atoms with Gasteiger partial charge in [-0.3, -0.25) is 4.79 Å². The summed E-state index contributed by atoms with van der Waals surface area (Å²) in [4.78, 5) is 12.8. The zero-order valence-corrected chi connectivity index (χ0v) is 8.98. The van der Waals surface area contributed by atoms with E-state index in [1.165, 1.54) is 0 Å². The Kier molecular flexibility index (Phi) is 3.63. The zero-order chi connectivity index (χ0) is 9.84. The number of carbonyl (C=O) groups is 1. The summed E-state index contributed by atoms with van der Waals surface area (Å²) in [5, 5.41) is 1.93. The van der Waals surface area contributed by atoms with Crippen molar-refractivity contribution in [3.8, 4) is 0 Å². The normalized spacial score (nSPS) is 12.8. The number of ketones is 1. The molecule has 0 aliphatic rings. The largest absolute Gasteiger partial charge is 0.371 e. The highest BCUT2D eigenvalue weighted by Gasteiger charge is 2.17. The molecule has 1 aromatic heterocycles. The Labute approximate surface area is 82.5 Å². The Morgan fingerprint density at radius 2 is 2.38 bits per heavy atom. The maximum Gasteiger partial charge on any atom is 0.192 e. The zero-order valence-electron chi connectivity index (χ0n) is 8.16. The van der Waals surface area contributed by atoms with Gasteiger partial charge in [0.15, 0.2) is 5.78 Å². The van der Waals surface area contributed by atoms with Gasteiger partial charge in [0.05, 0.1) is 0 Å². The van der Waals surface area contributed by atoms with Crippen molar-refractivity contribution >= 4 is 17.1 Å². The van der Waals surface area contributed by atoms with E-state index in [-0.39, 0.29) is 11.9 Å². The third-order valence-electron chi connectivity index (χ3n) is 1.91. The van der Waals surface area contributed by atoms with Gasteiger partial charge in [0.1, 0.15) is 6.10 Å². The van der Waals surface area contributed by atoms with Crippen LogP contribution in [0.3, 0.4) is 0 Å². The molecule has 13 heavy (non-hydrogen) atoms. The average Bonchev–Trinajstić information content (AvgIpc) is 2.50. The number of hydrogen-bond acceptors (Lipinski definition) is 3. The minimum atomic E-state index is -0.321. The predicted molar refractivity (Wildman–Crippen MR) is 54.5 cm³/mol. The van der Waals surface area contributed by atoms with E-state index in [9.17, 15) is 4.79 Å². The lowest BCUT2D eigenvalue weighted by molar-refractivity contribution is 0.0520. The van der Waals surface area contributed by atoms with Gasteiger partial charge < -0.3 is 4.74 Å². The summed E-state index contributed by atoms with van der Waals surface area (Å²) in [6.07, 6.45) is -0.321. The second-order valence-corrected chi connectivity index (χ2v) is 3.97. The van der Waals surface area contributed by atoms with Crippen molar-refractivity contribution in [2.45, 2.75) is 26.9 Å². The lowest BCUT2D eigenvalue weighted by Gasteiger charge is -2.09. The predicted octanol–water partition coefficient (Wildman–Crippen LogP) is 2.66. The van der Waals surface area contributed by atoms with Gasteiger partial charge in [0.2, 0.25) is 0 Å². The van der Waals surface area contributed by atoms with Gasteiger partial charge in [-0.15, -0.1) is 11.3 Å². The molecule has 0 aromatic carbocycles. The second kappa shape index (κ2) is 4.53. The molecule has 0 N–H and O–H groups in total. The molecule has 0 saturated carbocycles. The smallest absolute Gasteiger partial charge is 0.192 e. The summed E-state index contributed by atoms with van der Waals surface area (Å²) in [7, 11) is 0. The number of rotatable bonds is 4. The van der Waals surface area contributed by atoms with Crippen LogP contribution in [0.25, 0.3) is 0 Å². The highest BCUT2D eigenvalue weighted by molar-refractivity contribution is 7.10. The maximum absolute atomic E-state index is 11.7. The molecule has 2 nitrogen and oxygen atoms in total. The average molecular weight is 198 g/mol. The Bertz CT molecular complexity index is 291. The molecule has 0 fully saturated rings. The van der Waals surface area contributed by atoms with E-state index in [2.05, 4.69) is 0 Å². The molecule has 3 heteroatoms. The Morgan fingerprint density at radius 3 is 2.85 bits per heavy atom. The summed E-state index contributed by atoms with van der Waals surface area (Å²) in [6, 6.07) is 1.86. The van der Waals surface area contributed by atoms with Crippen LogP contribution in [0.5, 0.6) is 0 Å². The first-order chi connectivity index (χ1) is 6.16. The van der Waals surface area contributed by atoms with Crippen LogP contribution in [-0.2, 0) is 4.74 Å². The van der Waals surface area contributed by atoms with Gasteiger partial charge in [-0.2, -0.15) is 0 Å². The fourth-order valence-corrected chi connectivity index (χ4v) is 1.89. The summed E-state index contributed by atoms with van der Waals surface area (Å²) in [6.45, 7) is 6.22. The van der Waals surface area contributed by atoms with Crippen LogP contribution in [0.15, 0.2) is 11.4 Å². The quantitative estimate of drug-likeness (QED) is 0.695. The van der Waals surface area contributed by atoms with Crippen LogP contribution in [0.4, 0.5) is 0 Å².